The first-order valence-corrected chi connectivity index (χ1v) is 5.12. The topological polar surface area (TPSA) is 131 Å². The van der Waals surface area contributed by atoms with E-state index in [9.17, 15) is 19.4 Å². The summed E-state index contributed by atoms with van der Waals surface area (Å²) in [4.78, 5) is 14.1. The van der Waals surface area contributed by atoms with Crippen molar-refractivity contribution in [2.45, 2.75) is 24.5 Å². The van der Waals surface area contributed by atoms with Crippen molar-refractivity contribution in [2.75, 3.05) is 12.3 Å². The van der Waals surface area contributed by atoms with E-state index >= 15 is 0 Å². The van der Waals surface area contributed by atoms with Crippen molar-refractivity contribution < 1.29 is 24.4 Å². The van der Waals surface area contributed by atoms with Crippen molar-refractivity contribution in [3.63, 3.8) is 0 Å². The van der Waals surface area contributed by atoms with Crippen LogP contribution in [0.15, 0.2) is 11.0 Å². The maximum Gasteiger partial charge on any atom is 0.310 e. The van der Waals surface area contributed by atoms with E-state index in [-0.39, 0.29) is 5.95 Å². The number of rotatable bonds is 2. The van der Waals surface area contributed by atoms with Crippen molar-refractivity contribution in [3.05, 3.63) is 22.4 Å². The van der Waals surface area contributed by atoms with Gasteiger partial charge in [0.25, 0.3) is 0 Å². The maximum absolute atomic E-state index is 13.1. The fourth-order valence-corrected chi connectivity index (χ4v) is 1.77. The summed E-state index contributed by atoms with van der Waals surface area (Å²) < 4.78 is 19.1. The number of hydrogen-bond donors (Lipinski definition) is 4. The quantitative estimate of drug-likeness (QED) is 0.465. The fourth-order valence-electron chi connectivity index (χ4n) is 1.77. The second kappa shape index (κ2) is 4.61. The summed E-state index contributed by atoms with van der Waals surface area (Å²) in [5, 5.41) is 28.2. The summed E-state index contributed by atoms with van der Waals surface area (Å²) in [6.45, 7) is -0.523. The molecule has 2 heterocycles. The number of nitrogens with zero attached hydrogens (tertiary/aromatic N) is 2. The number of halogens is 1. The van der Waals surface area contributed by atoms with Crippen LogP contribution in [-0.4, -0.2) is 49.8 Å². The monoisotopic (exact) mass is 261 g/mol. The standard InChI is InChI=1S/C9H12FN3O5/c10-3-1-13(9(11)12-7(3)17)8-6(16)5(15)4(2-14)18-8/h1,4-6,8,14-16H,2H2,(H2,11,12,17)/t4-,5-,6-,8-/m1/s1. The Bertz CT molecular complexity index is 507. The van der Waals surface area contributed by atoms with E-state index in [0.29, 0.717) is 0 Å². The highest BCUT2D eigenvalue weighted by molar-refractivity contribution is 5.18. The number of aromatic nitrogens is 2. The minimum atomic E-state index is -1.42. The van der Waals surface area contributed by atoms with Gasteiger partial charge >= 0.3 is 5.56 Å². The van der Waals surface area contributed by atoms with Crippen LogP contribution in [0.3, 0.4) is 0 Å². The molecule has 0 saturated carbocycles. The van der Waals surface area contributed by atoms with Crippen LogP contribution in [-0.2, 0) is 4.74 Å². The molecule has 0 aromatic carbocycles. The lowest BCUT2D eigenvalue weighted by Gasteiger charge is -2.19. The number of nitrogens with two attached hydrogens (primary N) is 1. The second-order valence-electron chi connectivity index (χ2n) is 3.89. The number of ether oxygens (including phenoxy) is 1. The van der Waals surface area contributed by atoms with E-state index in [2.05, 4.69) is 4.98 Å². The van der Waals surface area contributed by atoms with Crippen LogP contribution in [0.4, 0.5) is 10.3 Å². The summed E-state index contributed by atoms with van der Waals surface area (Å²) in [6.07, 6.45) is -4.29. The van der Waals surface area contributed by atoms with Crippen LogP contribution in [0.5, 0.6) is 0 Å². The molecule has 9 heteroatoms. The lowest BCUT2D eigenvalue weighted by molar-refractivity contribution is -0.0526. The molecule has 1 saturated heterocycles. The Hall–Kier alpha value is -1.55. The molecule has 4 atom stereocenters. The van der Waals surface area contributed by atoms with Crippen LogP contribution < -0.4 is 11.3 Å². The third kappa shape index (κ3) is 1.97. The van der Waals surface area contributed by atoms with Gasteiger partial charge in [0, 0.05) is 0 Å². The highest BCUT2D eigenvalue weighted by Crippen LogP contribution is 2.30. The molecule has 0 unspecified atom stereocenters. The predicted octanol–water partition coefficient (Wildman–Crippen LogP) is -2.42. The Labute approximate surface area is 100 Å². The van der Waals surface area contributed by atoms with Gasteiger partial charge in [0.2, 0.25) is 11.8 Å². The summed E-state index contributed by atoms with van der Waals surface area (Å²) in [5.74, 6) is -1.53. The fraction of sp³-hybridized carbons (Fsp3) is 0.556. The van der Waals surface area contributed by atoms with Gasteiger partial charge < -0.3 is 25.8 Å². The molecule has 0 spiro atoms. The zero-order valence-corrected chi connectivity index (χ0v) is 9.10. The van der Waals surface area contributed by atoms with Crippen LogP contribution >= 0.6 is 0 Å². The summed E-state index contributed by atoms with van der Waals surface area (Å²) >= 11 is 0. The van der Waals surface area contributed by atoms with Crippen molar-refractivity contribution in [1.82, 2.24) is 9.55 Å². The first-order valence-electron chi connectivity index (χ1n) is 5.12. The Morgan fingerprint density at radius 1 is 1.50 bits per heavy atom. The number of nitrogen functional groups attached to an aromatic ring is 1. The Kier molecular flexibility index (Phi) is 3.30. The minimum absolute atomic E-state index is 0.365. The zero-order valence-electron chi connectivity index (χ0n) is 9.10. The first-order chi connectivity index (χ1) is 8.45. The molecule has 1 aromatic heterocycles. The van der Waals surface area contributed by atoms with Gasteiger partial charge in [-0.05, 0) is 0 Å². The van der Waals surface area contributed by atoms with Gasteiger partial charge in [0.15, 0.2) is 6.23 Å². The third-order valence-corrected chi connectivity index (χ3v) is 2.73. The lowest BCUT2D eigenvalue weighted by Crippen LogP contribution is -2.34. The molecule has 0 bridgehead atoms. The Balaban J connectivity index is 2.38. The maximum atomic E-state index is 13.1. The molecule has 0 aliphatic carbocycles. The number of aliphatic hydroxyl groups excluding tert-OH is 3. The summed E-state index contributed by atoms with van der Waals surface area (Å²) in [7, 11) is 0. The third-order valence-electron chi connectivity index (χ3n) is 2.73. The van der Waals surface area contributed by atoms with E-state index < -0.39 is 42.5 Å². The summed E-state index contributed by atoms with van der Waals surface area (Å²) in [6, 6.07) is 0. The molecule has 8 nitrogen and oxygen atoms in total. The Morgan fingerprint density at radius 2 is 2.17 bits per heavy atom. The van der Waals surface area contributed by atoms with Gasteiger partial charge in [-0.2, -0.15) is 9.37 Å². The first kappa shape index (κ1) is 12.9. The molecule has 1 aliphatic heterocycles. The highest BCUT2D eigenvalue weighted by atomic mass is 19.1. The molecule has 0 amide bonds. The molecular formula is C9H12FN3O5. The molecular weight excluding hydrogens is 249 g/mol. The van der Waals surface area contributed by atoms with E-state index in [1.54, 1.807) is 0 Å². The predicted molar refractivity (Wildman–Crippen MR) is 55.9 cm³/mol. The molecule has 100 valence electrons. The van der Waals surface area contributed by atoms with E-state index in [4.69, 9.17) is 15.6 Å². The van der Waals surface area contributed by atoms with Crippen LogP contribution in [0.2, 0.25) is 0 Å². The molecule has 18 heavy (non-hydrogen) atoms. The van der Waals surface area contributed by atoms with E-state index in [1.165, 1.54) is 0 Å². The second-order valence-corrected chi connectivity index (χ2v) is 3.89. The van der Waals surface area contributed by atoms with Gasteiger partial charge in [-0.25, -0.2) is 0 Å². The number of hydrogen-bond acceptors (Lipinski definition) is 7. The van der Waals surface area contributed by atoms with Crippen molar-refractivity contribution in [3.8, 4) is 0 Å². The minimum Gasteiger partial charge on any atom is -0.394 e. The SMILES string of the molecule is Nc1nc(=O)c(F)cn1[C@@H]1O[C@H](CO)[C@@H](O)[C@H]1O. The smallest absolute Gasteiger partial charge is 0.310 e. The molecule has 1 aromatic rings. The van der Waals surface area contributed by atoms with Crippen LogP contribution in [0, 0.1) is 5.82 Å². The number of anilines is 1. The molecule has 5 N–H and O–H groups in total. The lowest BCUT2D eigenvalue weighted by atomic mass is 10.1. The van der Waals surface area contributed by atoms with Crippen molar-refractivity contribution in [1.29, 1.82) is 0 Å². The van der Waals surface area contributed by atoms with Gasteiger partial charge in [-0.3, -0.25) is 9.36 Å². The normalized spacial score (nSPS) is 31.8. The summed E-state index contributed by atoms with van der Waals surface area (Å²) in [5.41, 5.74) is 4.29. The van der Waals surface area contributed by atoms with Gasteiger partial charge in [0.05, 0.1) is 12.8 Å². The van der Waals surface area contributed by atoms with Crippen molar-refractivity contribution >= 4 is 5.95 Å². The van der Waals surface area contributed by atoms with Crippen LogP contribution in [0.1, 0.15) is 6.23 Å². The average molecular weight is 261 g/mol. The molecule has 1 fully saturated rings. The van der Waals surface area contributed by atoms with Gasteiger partial charge in [-0.15, -0.1) is 0 Å². The van der Waals surface area contributed by atoms with Crippen molar-refractivity contribution in [2.24, 2.45) is 0 Å². The largest absolute Gasteiger partial charge is 0.394 e. The Morgan fingerprint density at radius 3 is 2.72 bits per heavy atom. The number of aliphatic hydroxyl groups is 3. The molecule has 1 aliphatic rings. The van der Waals surface area contributed by atoms with Gasteiger partial charge in [0.1, 0.15) is 18.3 Å². The average Bonchev–Trinajstić information content (AvgIpc) is 2.61. The van der Waals surface area contributed by atoms with E-state index in [1.807, 2.05) is 0 Å². The molecule has 2 rings (SSSR count). The van der Waals surface area contributed by atoms with Crippen LogP contribution in [0.25, 0.3) is 0 Å². The zero-order chi connectivity index (χ0) is 13.4. The molecule has 0 radical (unpaired) electrons. The highest BCUT2D eigenvalue weighted by Gasteiger charge is 2.43. The van der Waals surface area contributed by atoms with Gasteiger partial charge in [-0.1, -0.05) is 0 Å². The van der Waals surface area contributed by atoms with E-state index in [0.717, 1.165) is 10.8 Å².